The summed E-state index contributed by atoms with van der Waals surface area (Å²) in [4.78, 5) is 50.1. The van der Waals surface area contributed by atoms with E-state index in [9.17, 15) is 14.4 Å². The van der Waals surface area contributed by atoms with Crippen LogP contribution in [0.4, 0.5) is 4.79 Å². The van der Waals surface area contributed by atoms with Crippen molar-refractivity contribution in [1.82, 2.24) is 19.8 Å². The molecule has 0 radical (unpaired) electrons. The van der Waals surface area contributed by atoms with Gasteiger partial charge in [0.15, 0.2) is 6.10 Å². The first-order valence-electron chi connectivity index (χ1n) is 14.1. The smallest absolute Gasteiger partial charge is 0.434 e. The Labute approximate surface area is 228 Å². The van der Waals surface area contributed by atoms with Gasteiger partial charge in [-0.25, -0.2) is 4.79 Å². The fraction of sp³-hybridized carbons (Fsp3) is 0.690. The Morgan fingerprint density at radius 3 is 2.37 bits per heavy atom. The van der Waals surface area contributed by atoms with Gasteiger partial charge in [0, 0.05) is 26.2 Å². The first-order valence-corrected chi connectivity index (χ1v) is 14.1. The van der Waals surface area contributed by atoms with Crippen LogP contribution in [0.5, 0.6) is 0 Å². The van der Waals surface area contributed by atoms with Crippen LogP contribution >= 0.6 is 0 Å². The topological polar surface area (TPSA) is 82.6 Å². The molecule has 1 aromatic carbocycles. The molecule has 1 aliphatic carbocycles. The van der Waals surface area contributed by atoms with Crippen molar-refractivity contribution in [3.8, 4) is 0 Å². The van der Waals surface area contributed by atoms with Crippen LogP contribution in [0.1, 0.15) is 56.9 Å². The molecule has 9 heteroatoms. The lowest BCUT2D eigenvalue weighted by molar-refractivity contribution is -0.186. The lowest BCUT2D eigenvalue weighted by atomic mass is 9.85. The molecule has 3 rings (SSSR count). The number of hydrogen-bond acceptors (Lipinski definition) is 7. The highest BCUT2D eigenvalue weighted by atomic mass is 16.7. The fourth-order valence-corrected chi connectivity index (χ4v) is 5.44. The number of amides is 2. The molecule has 1 heterocycles. The highest BCUT2D eigenvalue weighted by Gasteiger charge is 2.32. The number of ether oxygens (including phenoxy) is 1. The summed E-state index contributed by atoms with van der Waals surface area (Å²) in [7, 11) is 5.71. The maximum Gasteiger partial charge on any atom is 0.434 e. The third-order valence-corrected chi connectivity index (χ3v) is 7.94. The number of rotatable bonds is 13. The summed E-state index contributed by atoms with van der Waals surface area (Å²) >= 11 is 0. The van der Waals surface area contributed by atoms with Crippen molar-refractivity contribution in [2.75, 3.05) is 53.9 Å². The number of carbonyl (C=O) groups excluding carboxylic acids is 3. The lowest BCUT2D eigenvalue weighted by Gasteiger charge is -2.36. The summed E-state index contributed by atoms with van der Waals surface area (Å²) in [5.41, 5.74) is 0.870. The minimum Gasteiger partial charge on any atom is -0.443 e. The summed E-state index contributed by atoms with van der Waals surface area (Å²) in [5.74, 6) is 0.105. The van der Waals surface area contributed by atoms with Crippen molar-refractivity contribution in [3.05, 3.63) is 35.9 Å². The van der Waals surface area contributed by atoms with E-state index in [0.29, 0.717) is 31.5 Å². The Bertz CT molecular complexity index is 856. The van der Waals surface area contributed by atoms with Gasteiger partial charge in [-0.3, -0.25) is 9.63 Å². The molecule has 0 aromatic heterocycles. The molecule has 38 heavy (non-hydrogen) atoms. The molecule has 0 N–H and O–H groups in total. The van der Waals surface area contributed by atoms with Gasteiger partial charge in [-0.15, -0.1) is 0 Å². The number of likely N-dealkylation sites (N-methyl/N-ethyl adjacent to an activating group) is 1. The summed E-state index contributed by atoms with van der Waals surface area (Å²) < 4.78 is 5.39. The van der Waals surface area contributed by atoms with Gasteiger partial charge >= 0.3 is 6.09 Å². The van der Waals surface area contributed by atoms with E-state index in [1.54, 1.807) is 4.90 Å². The van der Waals surface area contributed by atoms with Gasteiger partial charge in [0.1, 0.15) is 12.9 Å². The zero-order chi connectivity index (χ0) is 27.3. The Hall–Kier alpha value is -2.49. The predicted octanol–water partition coefficient (Wildman–Crippen LogP) is 3.58. The second-order valence-electron chi connectivity index (χ2n) is 10.8. The molecule has 1 saturated heterocycles. The van der Waals surface area contributed by atoms with E-state index >= 15 is 0 Å². The fourth-order valence-electron chi connectivity index (χ4n) is 5.44. The minimum atomic E-state index is -0.846. The number of aldehydes is 1. The van der Waals surface area contributed by atoms with E-state index in [-0.39, 0.29) is 19.1 Å². The van der Waals surface area contributed by atoms with Crippen molar-refractivity contribution in [2.24, 2.45) is 5.92 Å². The maximum atomic E-state index is 13.7. The molecule has 1 unspecified atom stereocenters. The first-order chi connectivity index (χ1) is 18.4. The van der Waals surface area contributed by atoms with Gasteiger partial charge in [0.25, 0.3) is 5.91 Å². The van der Waals surface area contributed by atoms with Gasteiger partial charge in [0.05, 0.1) is 6.54 Å². The van der Waals surface area contributed by atoms with E-state index in [4.69, 9.17) is 9.57 Å². The van der Waals surface area contributed by atoms with E-state index in [2.05, 4.69) is 23.9 Å². The average molecular weight is 531 g/mol. The number of likely N-dealkylation sites (tertiary alicyclic amines) is 1. The number of hydrogen-bond donors (Lipinski definition) is 0. The number of benzene rings is 1. The second kappa shape index (κ2) is 15.8. The van der Waals surface area contributed by atoms with Gasteiger partial charge in [-0.2, -0.15) is 5.06 Å². The average Bonchev–Trinajstić information content (AvgIpc) is 2.94. The molecule has 2 aliphatic rings. The quantitative estimate of drug-likeness (QED) is 0.285. The number of hydroxylamine groups is 2. The number of carbonyl (C=O) groups is 3. The van der Waals surface area contributed by atoms with Crippen molar-refractivity contribution >= 4 is 18.3 Å². The maximum absolute atomic E-state index is 13.7. The normalized spacial score (nSPS) is 18.2. The Balaban J connectivity index is 1.61. The van der Waals surface area contributed by atoms with Crippen LogP contribution in [-0.2, 0) is 25.8 Å². The zero-order valence-electron chi connectivity index (χ0n) is 23.4. The third kappa shape index (κ3) is 9.67. The highest BCUT2D eigenvalue weighted by molar-refractivity contribution is 5.83. The van der Waals surface area contributed by atoms with Crippen LogP contribution in [-0.4, -0.2) is 104 Å². The van der Waals surface area contributed by atoms with Gasteiger partial charge in [0.2, 0.25) is 0 Å². The van der Waals surface area contributed by atoms with Crippen LogP contribution < -0.4 is 0 Å². The molecule has 1 aromatic rings. The van der Waals surface area contributed by atoms with Crippen molar-refractivity contribution in [2.45, 2.75) is 70.1 Å². The standard InChI is InChI=1S/C29H46N4O5/c1-30-16-14-26(15-17-30)31(2)18-19-33(20-21-34)28(35)27(22-24-10-6-4-7-11-24)38-32(3)29(36)37-23-25-12-8-5-9-13-25/h5,8-9,12-13,21,24,26-27H,4,6-7,10-11,14-20,22-23H2,1-3H3. The largest absolute Gasteiger partial charge is 0.443 e. The molecule has 1 saturated carbocycles. The summed E-state index contributed by atoms with van der Waals surface area (Å²) in [6, 6.07) is 9.90. The summed E-state index contributed by atoms with van der Waals surface area (Å²) in [6.07, 6.45) is 7.56. The van der Waals surface area contributed by atoms with E-state index in [1.807, 2.05) is 30.3 Å². The monoisotopic (exact) mass is 530 g/mol. The molecule has 0 bridgehead atoms. The molecule has 212 valence electrons. The molecule has 2 amide bonds. The Kier molecular flexibility index (Phi) is 12.5. The second-order valence-corrected chi connectivity index (χ2v) is 10.8. The number of nitrogens with zero attached hydrogens (tertiary/aromatic N) is 4. The molecule has 1 atom stereocenters. The molecular formula is C29H46N4O5. The van der Waals surface area contributed by atoms with Gasteiger partial charge in [-0.1, -0.05) is 62.4 Å². The van der Waals surface area contributed by atoms with E-state index in [0.717, 1.165) is 68.5 Å². The summed E-state index contributed by atoms with van der Waals surface area (Å²) in [6.45, 7) is 3.38. The molecule has 9 nitrogen and oxygen atoms in total. The molecular weight excluding hydrogens is 484 g/mol. The minimum absolute atomic E-state index is 0.00672. The lowest BCUT2D eigenvalue weighted by Crippen LogP contribution is -2.49. The number of piperidine rings is 1. The van der Waals surface area contributed by atoms with E-state index in [1.165, 1.54) is 13.5 Å². The van der Waals surface area contributed by atoms with Crippen molar-refractivity contribution < 1.29 is 24.0 Å². The molecule has 1 aliphatic heterocycles. The van der Waals surface area contributed by atoms with Crippen molar-refractivity contribution in [1.29, 1.82) is 0 Å². The van der Waals surface area contributed by atoms with Crippen LogP contribution in [0.3, 0.4) is 0 Å². The van der Waals surface area contributed by atoms with Crippen LogP contribution in [0.25, 0.3) is 0 Å². The Morgan fingerprint density at radius 1 is 1.03 bits per heavy atom. The Morgan fingerprint density at radius 2 is 1.71 bits per heavy atom. The van der Waals surface area contributed by atoms with Crippen LogP contribution in [0.15, 0.2) is 30.3 Å². The van der Waals surface area contributed by atoms with Crippen molar-refractivity contribution in [3.63, 3.8) is 0 Å². The summed E-state index contributed by atoms with van der Waals surface area (Å²) in [5, 5.41) is 1.03. The van der Waals surface area contributed by atoms with Gasteiger partial charge < -0.3 is 24.2 Å². The predicted molar refractivity (Wildman–Crippen MR) is 146 cm³/mol. The van der Waals surface area contributed by atoms with E-state index < -0.39 is 12.2 Å². The van der Waals surface area contributed by atoms with Crippen LogP contribution in [0.2, 0.25) is 0 Å². The van der Waals surface area contributed by atoms with Crippen LogP contribution in [0, 0.1) is 5.92 Å². The SMILES string of the molecule is CN1CCC(N(C)CCN(CC=O)C(=O)C(CC2CCCCC2)ON(C)C(=O)OCc2ccccc2)CC1. The first kappa shape index (κ1) is 30.1. The molecule has 2 fully saturated rings. The van der Waals surface area contributed by atoms with Gasteiger partial charge in [-0.05, 0) is 57.9 Å². The molecule has 0 spiro atoms. The highest BCUT2D eigenvalue weighted by Crippen LogP contribution is 2.29. The zero-order valence-corrected chi connectivity index (χ0v) is 23.4. The third-order valence-electron chi connectivity index (χ3n) is 7.94.